The Bertz CT molecular complexity index is 1560. The molecule has 1 fully saturated rings. The fraction of sp³-hybridized carbons (Fsp3) is 0.353. The molecule has 0 amide bonds. The van der Waals surface area contributed by atoms with Crippen LogP contribution in [0.15, 0.2) is 66.7 Å². The number of rotatable bonds is 8. The van der Waals surface area contributed by atoms with Crippen LogP contribution in [0.2, 0.25) is 0 Å². The first-order chi connectivity index (χ1) is 19.4. The van der Waals surface area contributed by atoms with Gasteiger partial charge in [0.25, 0.3) is 0 Å². The van der Waals surface area contributed by atoms with Crippen LogP contribution in [0, 0.1) is 0 Å². The van der Waals surface area contributed by atoms with Crippen molar-refractivity contribution in [2.45, 2.75) is 71.1 Å². The minimum Gasteiger partial charge on any atom is -0.491 e. The largest absolute Gasteiger partial charge is 0.491 e. The number of ether oxygens (including phenoxy) is 1. The van der Waals surface area contributed by atoms with Crippen molar-refractivity contribution in [1.29, 1.82) is 0 Å². The summed E-state index contributed by atoms with van der Waals surface area (Å²) in [4.78, 5) is 30.0. The Morgan fingerprint density at radius 3 is 2.20 bits per heavy atom. The molecular weight excluding hydrogens is 516 g/mol. The zero-order valence-electron chi connectivity index (χ0n) is 24.3. The van der Waals surface area contributed by atoms with Crippen LogP contribution in [0.25, 0.3) is 22.0 Å². The highest BCUT2D eigenvalue weighted by atomic mass is 16.5. The van der Waals surface area contributed by atoms with Crippen LogP contribution in [0.4, 0.5) is 0 Å². The Kier molecular flexibility index (Phi) is 7.66. The van der Waals surface area contributed by atoms with Crippen LogP contribution in [-0.2, 0) is 10.2 Å². The van der Waals surface area contributed by atoms with Crippen molar-refractivity contribution in [2.24, 2.45) is 0 Å². The van der Waals surface area contributed by atoms with Gasteiger partial charge in [-0.15, -0.1) is 0 Å². The molecule has 0 spiro atoms. The fourth-order valence-electron chi connectivity index (χ4n) is 5.90. The van der Waals surface area contributed by atoms with Gasteiger partial charge in [-0.05, 0) is 78.6 Å². The minimum atomic E-state index is -1.08. The molecule has 4 aromatic rings. The number of nitrogens with one attached hydrogen (secondary N) is 1. The average Bonchev–Trinajstić information content (AvgIpc) is 3.55. The molecule has 214 valence electrons. The van der Waals surface area contributed by atoms with E-state index in [1.165, 1.54) is 5.56 Å². The van der Waals surface area contributed by atoms with Crippen LogP contribution in [0.1, 0.15) is 80.7 Å². The van der Waals surface area contributed by atoms with E-state index in [2.05, 4.69) is 50.0 Å². The number of nitrogens with zero attached hydrogens (tertiary/aromatic N) is 1. The number of aromatic nitrogens is 1. The number of aromatic amines is 1. The lowest BCUT2D eigenvalue weighted by atomic mass is 9.86. The molecule has 0 radical (unpaired) electrons. The van der Waals surface area contributed by atoms with Gasteiger partial charge in [0.2, 0.25) is 0 Å². The summed E-state index contributed by atoms with van der Waals surface area (Å²) in [5.74, 6) is -1.27. The Hall–Kier alpha value is -4.10. The maximum absolute atomic E-state index is 12.6. The summed E-state index contributed by atoms with van der Waals surface area (Å²) in [5, 5.41) is 21.2. The predicted octanol–water partition coefficient (Wildman–Crippen LogP) is 7.26. The van der Waals surface area contributed by atoms with Gasteiger partial charge < -0.3 is 19.9 Å². The molecule has 1 aliphatic heterocycles. The van der Waals surface area contributed by atoms with Crippen LogP contribution in [0.5, 0.6) is 5.75 Å². The van der Waals surface area contributed by atoms with E-state index in [0.717, 1.165) is 28.5 Å². The van der Waals surface area contributed by atoms with Gasteiger partial charge >= 0.3 is 11.9 Å². The van der Waals surface area contributed by atoms with Gasteiger partial charge in [0.15, 0.2) is 0 Å². The summed E-state index contributed by atoms with van der Waals surface area (Å²) in [6, 6.07) is 20.6. The third-order valence-electron chi connectivity index (χ3n) is 7.89. The first-order valence-corrected chi connectivity index (χ1v) is 14.2. The van der Waals surface area contributed by atoms with E-state index in [1.807, 2.05) is 61.2 Å². The molecule has 0 saturated carbocycles. The quantitative estimate of drug-likeness (QED) is 0.212. The monoisotopic (exact) mass is 554 g/mol. The summed E-state index contributed by atoms with van der Waals surface area (Å²) in [6.45, 7) is 11.0. The minimum absolute atomic E-state index is 0.00901. The number of aromatic carboxylic acids is 1. The van der Waals surface area contributed by atoms with Crippen molar-refractivity contribution in [3.05, 3.63) is 89.1 Å². The van der Waals surface area contributed by atoms with E-state index in [0.29, 0.717) is 29.8 Å². The van der Waals surface area contributed by atoms with E-state index < -0.39 is 24.0 Å². The molecule has 3 N–H and O–H groups in total. The number of hydrogen-bond acceptors (Lipinski definition) is 4. The maximum Gasteiger partial charge on any atom is 0.352 e. The second kappa shape index (κ2) is 11.1. The molecule has 5 rings (SSSR count). The molecule has 0 aliphatic carbocycles. The van der Waals surface area contributed by atoms with E-state index in [1.54, 1.807) is 0 Å². The summed E-state index contributed by atoms with van der Waals surface area (Å²) >= 11 is 0. The standard InChI is InChI=1S/C34H38N2O5/c1-20(2)41-25-15-10-22(11-16-25)31(36-18-6-7-28(36)32(37)38)29-26-19-23(12-17-27(26)35-30(29)33(39)40)21-8-13-24(14-9-21)34(3,4)5/h8-17,19-20,28,31,35H,6-7,18H2,1-5H3,(H,37,38)(H,39,40). The number of carboxylic acid groups (broad SMARTS) is 2. The average molecular weight is 555 g/mol. The first kappa shape index (κ1) is 28.4. The van der Waals surface area contributed by atoms with Crippen LogP contribution in [-0.4, -0.2) is 50.7 Å². The van der Waals surface area contributed by atoms with Crippen LogP contribution in [0.3, 0.4) is 0 Å². The van der Waals surface area contributed by atoms with Gasteiger partial charge in [-0.25, -0.2) is 4.79 Å². The van der Waals surface area contributed by atoms with E-state index >= 15 is 0 Å². The highest BCUT2D eigenvalue weighted by Gasteiger charge is 2.39. The van der Waals surface area contributed by atoms with Gasteiger partial charge in [0.05, 0.1) is 12.1 Å². The van der Waals surface area contributed by atoms with Crippen molar-refractivity contribution in [3.63, 3.8) is 0 Å². The van der Waals surface area contributed by atoms with Gasteiger partial charge in [-0.2, -0.15) is 0 Å². The number of fused-ring (bicyclic) bond motifs is 1. The number of benzene rings is 3. The van der Waals surface area contributed by atoms with Crippen molar-refractivity contribution in [3.8, 4) is 16.9 Å². The van der Waals surface area contributed by atoms with Gasteiger partial charge in [0, 0.05) is 23.0 Å². The summed E-state index contributed by atoms with van der Waals surface area (Å²) in [5.41, 5.74) is 5.42. The molecule has 7 nitrogen and oxygen atoms in total. The van der Waals surface area contributed by atoms with Gasteiger partial charge in [0.1, 0.15) is 17.5 Å². The Balaban J connectivity index is 1.69. The van der Waals surface area contributed by atoms with Gasteiger partial charge in [-0.1, -0.05) is 63.2 Å². The Morgan fingerprint density at radius 2 is 1.61 bits per heavy atom. The van der Waals surface area contributed by atoms with Crippen molar-refractivity contribution < 1.29 is 24.5 Å². The molecule has 7 heteroatoms. The van der Waals surface area contributed by atoms with E-state index in [-0.39, 0.29) is 17.2 Å². The zero-order valence-corrected chi connectivity index (χ0v) is 24.3. The highest BCUT2D eigenvalue weighted by molar-refractivity contribution is 5.99. The molecule has 1 aliphatic rings. The molecule has 3 aromatic carbocycles. The molecule has 2 atom stereocenters. The third-order valence-corrected chi connectivity index (χ3v) is 7.89. The molecule has 1 saturated heterocycles. The Labute approximate surface area is 240 Å². The second-order valence-electron chi connectivity index (χ2n) is 12.2. The summed E-state index contributed by atoms with van der Waals surface area (Å²) in [7, 11) is 0. The molecule has 1 aromatic heterocycles. The van der Waals surface area contributed by atoms with Crippen LogP contribution < -0.4 is 4.74 Å². The number of carbonyl (C=O) groups is 2. The number of aliphatic carboxylic acids is 1. The number of H-pyrrole nitrogens is 1. The van der Waals surface area contributed by atoms with Crippen molar-refractivity contribution >= 4 is 22.8 Å². The Morgan fingerprint density at radius 1 is 0.951 bits per heavy atom. The van der Waals surface area contributed by atoms with Gasteiger partial charge in [-0.3, -0.25) is 9.69 Å². The molecule has 2 heterocycles. The topological polar surface area (TPSA) is 103 Å². The van der Waals surface area contributed by atoms with E-state index in [9.17, 15) is 19.8 Å². The van der Waals surface area contributed by atoms with Crippen LogP contribution >= 0.6 is 0 Å². The lowest BCUT2D eigenvalue weighted by Crippen LogP contribution is -2.39. The second-order valence-corrected chi connectivity index (χ2v) is 12.2. The lowest BCUT2D eigenvalue weighted by molar-refractivity contribution is -0.142. The number of carboxylic acids is 2. The third kappa shape index (κ3) is 5.72. The first-order valence-electron chi connectivity index (χ1n) is 14.2. The molecule has 0 bridgehead atoms. The van der Waals surface area contributed by atoms with E-state index in [4.69, 9.17) is 4.74 Å². The molecule has 41 heavy (non-hydrogen) atoms. The smallest absolute Gasteiger partial charge is 0.352 e. The normalized spacial score (nSPS) is 16.8. The summed E-state index contributed by atoms with van der Waals surface area (Å²) < 4.78 is 5.84. The summed E-state index contributed by atoms with van der Waals surface area (Å²) in [6.07, 6.45) is 1.24. The van der Waals surface area contributed by atoms with Crippen molar-refractivity contribution in [2.75, 3.05) is 6.54 Å². The number of likely N-dealkylation sites (tertiary alicyclic amines) is 1. The predicted molar refractivity (Wildman–Crippen MR) is 161 cm³/mol. The molecular formula is C34H38N2O5. The SMILES string of the molecule is CC(C)Oc1ccc(C(c2c(C(=O)O)[nH]c3ccc(-c4ccc(C(C)(C)C)cc4)cc23)N2CCCC2C(=O)O)cc1. The highest BCUT2D eigenvalue weighted by Crippen LogP contribution is 2.42. The maximum atomic E-state index is 12.6. The lowest BCUT2D eigenvalue weighted by Gasteiger charge is -2.32. The van der Waals surface area contributed by atoms with Crippen molar-refractivity contribution in [1.82, 2.24) is 9.88 Å². The molecule has 2 unspecified atom stereocenters. The number of hydrogen-bond donors (Lipinski definition) is 3. The fourth-order valence-corrected chi connectivity index (χ4v) is 5.90. The zero-order chi connectivity index (χ0) is 29.5.